The molecule has 0 bridgehead atoms. The van der Waals surface area contributed by atoms with Crippen molar-refractivity contribution in [1.29, 1.82) is 0 Å². The van der Waals surface area contributed by atoms with Gasteiger partial charge in [0.15, 0.2) is 5.01 Å². The van der Waals surface area contributed by atoms with E-state index >= 15 is 0 Å². The molecule has 17 heteroatoms. The first kappa shape index (κ1) is 42.9. The van der Waals surface area contributed by atoms with Gasteiger partial charge in [0.1, 0.15) is 36.0 Å². The molecule has 1 saturated heterocycles. The number of thiazole rings is 1. The van der Waals surface area contributed by atoms with E-state index in [1.165, 1.54) is 24.1 Å². The number of carbonyl (C=O) groups excluding carboxylic acids is 5. The number of aliphatic hydroxyl groups excluding tert-OH is 1. The number of aliphatic carboxylic acids is 1. The van der Waals surface area contributed by atoms with Crippen LogP contribution in [0.1, 0.15) is 62.7 Å². The highest BCUT2D eigenvalue weighted by molar-refractivity contribution is 7.17. The van der Waals surface area contributed by atoms with E-state index in [1.807, 2.05) is 0 Å². The van der Waals surface area contributed by atoms with E-state index in [2.05, 4.69) is 20.9 Å². The third-order valence-corrected chi connectivity index (χ3v) is 11.1. The topological polar surface area (TPSA) is 204 Å². The fourth-order valence-electron chi connectivity index (χ4n) is 6.61. The molecule has 0 saturated carbocycles. The molecule has 302 valence electrons. The van der Waals surface area contributed by atoms with E-state index in [9.17, 15) is 39.0 Å². The van der Waals surface area contributed by atoms with Crippen LogP contribution < -0.4 is 20.7 Å². The Labute approximate surface area is 343 Å². The lowest BCUT2D eigenvalue weighted by Crippen LogP contribution is -2.59. The lowest BCUT2D eigenvalue weighted by atomic mass is 9.95. The zero-order chi connectivity index (χ0) is 41.4. The molecule has 5 rings (SSSR count). The minimum absolute atomic E-state index is 0.0192. The Morgan fingerprint density at radius 2 is 1.65 bits per heavy atom. The number of hydrogen-bond donors (Lipinski definition) is 5. The SMILES string of the molecule is CC(=O)N[C@@H](CC1=CC=C(O)CC1)C(=O)N[C@H](C(=O)N1C[C@H](Oc2ccccc2)C[C@H]1C(=O)N[C@@H](CC(=O)O)C(=O)c1ncc(-c2c(Cl)cccc2Cl)s1)C(C)C. The van der Waals surface area contributed by atoms with Crippen LogP contribution >= 0.6 is 34.5 Å². The summed E-state index contributed by atoms with van der Waals surface area (Å²) in [5, 5.41) is 28.1. The Hall–Kier alpha value is -5.25. The van der Waals surface area contributed by atoms with Crippen LogP contribution in [0, 0.1) is 5.92 Å². The average Bonchev–Trinajstić information content (AvgIpc) is 3.81. The molecule has 1 aromatic heterocycles. The second kappa shape index (κ2) is 19.3. The number of ketones is 1. The zero-order valence-electron chi connectivity index (χ0n) is 31.4. The Morgan fingerprint density at radius 3 is 2.26 bits per heavy atom. The number of para-hydroxylation sites is 1. The maximum absolute atomic E-state index is 14.5. The molecule has 1 aliphatic carbocycles. The lowest BCUT2D eigenvalue weighted by molar-refractivity contribution is -0.143. The van der Waals surface area contributed by atoms with E-state index < -0.39 is 78.0 Å². The predicted octanol–water partition coefficient (Wildman–Crippen LogP) is 5.51. The van der Waals surface area contributed by atoms with Crippen molar-refractivity contribution in [3.8, 4) is 16.2 Å². The molecule has 0 unspecified atom stereocenters. The number of allylic oxidation sites excluding steroid dienone is 3. The van der Waals surface area contributed by atoms with Gasteiger partial charge in [-0.1, -0.05) is 73.0 Å². The van der Waals surface area contributed by atoms with Gasteiger partial charge in [-0.15, -0.1) is 11.3 Å². The van der Waals surface area contributed by atoms with Crippen LogP contribution in [0.4, 0.5) is 0 Å². The highest BCUT2D eigenvalue weighted by atomic mass is 35.5. The highest BCUT2D eigenvalue weighted by Gasteiger charge is 2.45. The Kier molecular flexibility index (Phi) is 14.5. The Balaban J connectivity index is 1.39. The Bertz CT molecular complexity index is 2050. The number of nitrogens with one attached hydrogen (secondary N) is 3. The van der Waals surface area contributed by atoms with Gasteiger partial charge >= 0.3 is 5.97 Å². The number of aromatic nitrogens is 1. The van der Waals surface area contributed by atoms with E-state index in [0.717, 1.165) is 16.9 Å². The molecule has 5 N–H and O–H groups in total. The monoisotopic (exact) mass is 839 g/mol. The van der Waals surface area contributed by atoms with Crippen molar-refractivity contribution < 1.29 is 43.7 Å². The number of carboxylic acid groups (broad SMARTS) is 1. The van der Waals surface area contributed by atoms with Crippen LogP contribution in [0.2, 0.25) is 10.0 Å². The number of carbonyl (C=O) groups is 6. The molecule has 0 spiro atoms. The summed E-state index contributed by atoms with van der Waals surface area (Å²) in [6, 6.07) is 8.68. The smallest absolute Gasteiger partial charge is 0.305 e. The van der Waals surface area contributed by atoms with Gasteiger partial charge < -0.3 is 35.8 Å². The molecule has 14 nitrogen and oxygen atoms in total. The van der Waals surface area contributed by atoms with Crippen molar-refractivity contribution in [2.24, 2.45) is 5.92 Å². The number of halogens is 2. The zero-order valence-corrected chi connectivity index (χ0v) is 33.7. The van der Waals surface area contributed by atoms with Crippen LogP contribution in [0.15, 0.2) is 78.2 Å². The number of benzene rings is 2. The van der Waals surface area contributed by atoms with Crippen LogP contribution in [0.5, 0.6) is 5.75 Å². The largest absolute Gasteiger partial charge is 0.512 e. The van der Waals surface area contributed by atoms with Crippen LogP contribution in [-0.4, -0.2) is 92.3 Å². The second-order valence-electron chi connectivity index (χ2n) is 14.1. The first-order valence-corrected chi connectivity index (χ1v) is 19.8. The fraction of sp³-hybridized carbons (Fsp3) is 0.375. The standard InChI is InChI=1S/C40H43Cl2N5O9S/c1-21(2)35(46-37(53)30(44-22(3)48)16-23-12-14-24(49)15-13-23)40(55)47-20-26(56-25-8-5-4-6-9-25)17-31(47)38(54)45-29(18-33(50)51)36(52)39-43-19-32(57-39)34-27(41)10-7-11-28(34)42/h4-12,14,19,21,26,29-31,35,49H,13,15-18,20H2,1-3H3,(H,44,48)(H,45,54)(H,46,53)(H,50,51)/t26-,29+,30+,31+,35+/m1/s1. The normalized spacial score (nSPS) is 18.1. The third kappa shape index (κ3) is 11.2. The minimum Gasteiger partial charge on any atom is -0.512 e. The minimum atomic E-state index is -1.56. The van der Waals surface area contributed by atoms with Crippen molar-refractivity contribution in [2.45, 2.75) is 83.1 Å². The number of carboxylic acids is 1. The van der Waals surface area contributed by atoms with Crippen molar-refractivity contribution in [3.05, 3.63) is 93.3 Å². The van der Waals surface area contributed by atoms with Crippen molar-refractivity contribution in [1.82, 2.24) is 25.8 Å². The van der Waals surface area contributed by atoms with Crippen LogP contribution in [0.25, 0.3) is 10.4 Å². The first-order valence-electron chi connectivity index (χ1n) is 18.2. The van der Waals surface area contributed by atoms with Gasteiger partial charge in [0.2, 0.25) is 29.4 Å². The van der Waals surface area contributed by atoms with Gasteiger partial charge in [-0.3, -0.25) is 28.8 Å². The van der Waals surface area contributed by atoms with Gasteiger partial charge in [0, 0.05) is 31.5 Å². The Morgan fingerprint density at radius 1 is 0.947 bits per heavy atom. The summed E-state index contributed by atoms with van der Waals surface area (Å²) < 4.78 is 6.15. The van der Waals surface area contributed by atoms with E-state index in [1.54, 1.807) is 68.5 Å². The molecule has 0 radical (unpaired) electrons. The fourth-order valence-corrected chi connectivity index (χ4v) is 8.30. The van der Waals surface area contributed by atoms with E-state index in [-0.39, 0.29) is 30.2 Å². The molecular formula is C40H43Cl2N5O9S. The number of amides is 4. The summed E-state index contributed by atoms with van der Waals surface area (Å²) in [6.07, 6.45) is 4.13. The molecule has 2 aliphatic rings. The maximum Gasteiger partial charge on any atom is 0.305 e. The van der Waals surface area contributed by atoms with Gasteiger partial charge in [-0.05, 0) is 49.1 Å². The third-order valence-electron chi connectivity index (χ3n) is 9.44. The summed E-state index contributed by atoms with van der Waals surface area (Å²) in [5.41, 5.74) is 1.26. The van der Waals surface area contributed by atoms with Gasteiger partial charge in [0.05, 0.1) is 33.6 Å². The highest BCUT2D eigenvalue weighted by Crippen LogP contribution is 2.38. The summed E-state index contributed by atoms with van der Waals surface area (Å²) in [4.78, 5) is 86.2. The molecule has 1 fully saturated rings. The van der Waals surface area contributed by atoms with Crippen molar-refractivity contribution in [2.75, 3.05) is 6.54 Å². The molecule has 2 heterocycles. The van der Waals surface area contributed by atoms with Gasteiger partial charge in [-0.25, -0.2) is 4.98 Å². The summed E-state index contributed by atoms with van der Waals surface area (Å²) >= 11 is 13.6. The van der Waals surface area contributed by atoms with Crippen LogP contribution in [0.3, 0.4) is 0 Å². The van der Waals surface area contributed by atoms with Gasteiger partial charge in [0.25, 0.3) is 0 Å². The number of hydrogen-bond acceptors (Lipinski definition) is 10. The lowest BCUT2D eigenvalue weighted by Gasteiger charge is -2.32. The molecule has 5 atom stereocenters. The second-order valence-corrected chi connectivity index (χ2v) is 16.0. The molecule has 2 aromatic carbocycles. The number of rotatable bonds is 16. The van der Waals surface area contributed by atoms with E-state index in [4.69, 9.17) is 27.9 Å². The quantitative estimate of drug-likeness (QED) is 0.115. The average molecular weight is 841 g/mol. The number of nitrogens with zero attached hydrogens (tertiary/aromatic N) is 2. The molecule has 1 aliphatic heterocycles. The van der Waals surface area contributed by atoms with Crippen LogP contribution in [-0.2, 0) is 24.0 Å². The number of Topliss-reactive ketones (excluding diaryl/α,β-unsaturated/α-hetero) is 1. The number of likely N-dealkylation sites (tertiary alicyclic amines) is 1. The summed E-state index contributed by atoms with van der Waals surface area (Å²) in [6.45, 7) is 4.64. The molecule has 57 heavy (non-hydrogen) atoms. The number of aliphatic hydroxyl groups is 1. The molecule has 3 aromatic rings. The first-order chi connectivity index (χ1) is 27.1. The molecular weight excluding hydrogens is 797 g/mol. The van der Waals surface area contributed by atoms with Gasteiger partial charge in [-0.2, -0.15) is 0 Å². The predicted molar refractivity (Wildman–Crippen MR) is 214 cm³/mol. The summed E-state index contributed by atoms with van der Waals surface area (Å²) in [5.74, 6) is -4.43. The van der Waals surface area contributed by atoms with E-state index in [0.29, 0.717) is 39.1 Å². The molecule has 4 amide bonds. The van der Waals surface area contributed by atoms with Crippen molar-refractivity contribution >= 4 is 69.9 Å². The maximum atomic E-state index is 14.5. The van der Waals surface area contributed by atoms with Crippen molar-refractivity contribution in [3.63, 3.8) is 0 Å². The summed E-state index contributed by atoms with van der Waals surface area (Å²) in [7, 11) is 0. The number of ether oxygens (including phenoxy) is 1.